The monoisotopic (exact) mass is 284 g/mol. The maximum atomic E-state index is 4.76. The highest BCUT2D eigenvalue weighted by atomic mass is 32.1. The molecule has 3 atom stereocenters. The molecule has 3 heteroatoms. The van der Waals surface area contributed by atoms with Crippen LogP contribution in [0.3, 0.4) is 0 Å². The van der Waals surface area contributed by atoms with E-state index in [1.807, 2.05) is 6.07 Å². The predicted octanol–water partition coefficient (Wildman–Crippen LogP) is 4.09. The van der Waals surface area contributed by atoms with Gasteiger partial charge in [-0.25, -0.2) is 4.98 Å². The van der Waals surface area contributed by atoms with Gasteiger partial charge in [0.15, 0.2) is 0 Å². The summed E-state index contributed by atoms with van der Waals surface area (Å²) in [6.45, 7) is 0.936. The highest BCUT2D eigenvalue weighted by Crippen LogP contribution is 2.44. The molecule has 3 unspecified atom stereocenters. The molecule has 20 heavy (non-hydrogen) atoms. The molecule has 2 nitrogen and oxygen atoms in total. The highest BCUT2D eigenvalue weighted by Gasteiger charge is 2.39. The van der Waals surface area contributed by atoms with Crippen molar-refractivity contribution < 1.29 is 0 Å². The number of rotatable bonds is 4. The van der Waals surface area contributed by atoms with E-state index in [4.69, 9.17) is 4.98 Å². The first-order valence-electron chi connectivity index (χ1n) is 7.62. The van der Waals surface area contributed by atoms with Crippen molar-refractivity contribution >= 4 is 11.3 Å². The lowest BCUT2D eigenvalue weighted by atomic mass is 9.95. The average molecular weight is 284 g/mol. The molecule has 1 aromatic heterocycles. The minimum Gasteiger partial charge on any atom is -0.307 e. The molecule has 0 amide bonds. The largest absolute Gasteiger partial charge is 0.307 e. The van der Waals surface area contributed by atoms with Crippen LogP contribution in [0.25, 0.3) is 11.3 Å². The van der Waals surface area contributed by atoms with Gasteiger partial charge in [0.25, 0.3) is 0 Å². The second-order valence-corrected chi connectivity index (χ2v) is 7.10. The molecule has 2 aliphatic carbocycles. The molecule has 0 saturated heterocycles. The van der Waals surface area contributed by atoms with Gasteiger partial charge < -0.3 is 5.32 Å². The van der Waals surface area contributed by atoms with Gasteiger partial charge in [-0.15, -0.1) is 11.3 Å². The Hall–Kier alpha value is -1.19. The molecule has 0 aliphatic heterocycles. The van der Waals surface area contributed by atoms with Crippen molar-refractivity contribution in [3.05, 3.63) is 40.7 Å². The lowest BCUT2D eigenvalue weighted by Gasteiger charge is -2.22. The molecule has 1 heterocycles. The van der Waals surface area contributed by atoms with Crippen LogP contribution in [0, 0.1) is 11.8 Å². The third kappa shape index (κ3) is 2.40. The van der Waals surface area contributed by atoms with E-state index in [2.05, 4.69) is 35.0 Å². The molecule has 4 rings (SSSR count). The summed E-state index contributed by atoms with van der Waals surface area (Å²) in [5.41, 5.74) is 2.33. The van der Waals surface area contributed by atoms with Crippen molar-refractivity contribution in [2.45, 2.75) is 38.3 Å². The lowest BCUT2D eigenvalue weighted by molar-refractivity contribution is 0.350. The SMILES string of the molecule is c1ccc(-c2csc(CNC3CC4CCC3C4)n2)cc1. The Labute approximate surface area is 124 Å². The highest BCUT2D eigenvalue weighted by molar-refractivity contribution is 7.09. The normalized spacial score (nSPS) is 28.1. The van der Waals surface area contributed by atoms with Crippen LogP contribution in [0.15, 0.2) is 35.7 Å². The molecule has 0 radical (unpaired) electrons. The quantitative estimate of drug-likeness (QED) is 0.914. The second kappa shape index (κ2) is 5.30. The average Bonchev–Trinajstić information content (AvgIpc) is 3.22. The van der Waals surface area contributed by atoms with Crippen LogP contribution in [0.1, 0.15) is 30.7 Å². The Morgan fingerprint density at radius 3 is 2.80 bits per heavy atom. The Bertz CT molecular complexity index is 578. The van der Waals surface area contributed by atoms with Gasteiger partial charge in [-0.2, -0.15) is 0 Å². The van der Waals surface area contributed by atoms with Crippen LogP contribution < -0.4 is 5.32 Å². The molecule has 2 bridgehead atoms. The maximum absolute atomic E-state index is 4.76. The van der Waals surface area contributed by atoms with E-state index in [1.54, 1.807) is 11.3 Å². The number of fused-ring (bicyclic) bond motifs is 2. The van der Waals surface area contributed by atoms with E-state index in [0.29, 0.717) is 0 Å². The molecule has 2 fully saturated rings. The first-order valence-corrected chi connectivity index (χ1v) is 8.49. The summed E-state index contributed by atoms with van der Waals surface area (Å²) in [6.07, 6.45) is 5.76. The van der Waals surface area contributed by atoms with Crippen LogP contribution in [-0.4, -0.2) is 11.0 Å². The van der Waals surface area contributed by atoms with E-state index < -0.39 is 0 Å². The summed E-state index contributed by atoms with van der Waals surface area (Å²) >= 11 is 1.77. The van der Waals surface area contributed by atoms with Crippen molar-refractivity contribution in [2.75, 3.05) is 0 Å². The first-order chi connectivity index (χ1) is 9.88. The van der Waals surface area contributed by atoms with Gasteiger partial charge in [-0.05, 0) is 31.1 Å². The number of hydrogen-bond donors (Lipinski definition) is 1. The van der Waals surface area contributed by atoms with Gasteiger partial charge >= 0.3 is 0 Å². The van der Waals surface area contributed by atoms with E-state index in [9.17, 15) is 0 Å². The van der Waals surface area contributed by atoms with Crippen molar-refractivity contribution in [2.24, 2.45) is 11.8 Å². The molecule has 2 saturated carbocycles. The molecular formula is C17H20N2S. The summed E-state index contributed by atoms with van der Waals surface area (Å²) in [5.74, 6) is 1.95. The van der Waals surface area contributed by atoms with E-state index >= 15 is 0 Å². The Morgan fingerprint density at radius 2 is 2.05 bits per heavy atom. The maximum Gasteiger partial charge on any atom is 0.107 e. The standard InChI is InChI=1S/C17H20N2S/c1-2-4-13(5-3-1)16-11-20-17(19-16)10-18-15-9-12-6-7-14(15)8-12/h1-5,11-12,14-15,18H,6-10H2. The van der Waals surface area contributed by atoms with E-state index in [-0.39, 0.29) is 0 Å². The van der Waals surface area contributed by atoms with Gasteiger partial charge in [-0.3, -0.25) is 0 Å². The molecule has 104 valence electrons. The zero-order chi connectivity index (χ0) is 13.4. The zero-order valence-corrected chi connectivity index (χ0v) is 12.4. The van der Waals surface area contributed by atoms with Crippen LogP contribution in [0.2, 0.25) is 0 Å². The Kier molecular flexibility index (Phi) is 3.32. The molecule has 1 aromatic carbocycles. The van der Waals surface area contributed by atoms with Crippen LogP contribution >= 0.6 is 11.3 Å². The van der Waals surface area contributed by atoms with Gasteiger partial charge in [0.2, 0.25) is 0 Å². The number of benzene rings is 1. The summed E-state index contributed by atoms with van der Waals surface area (Å²) in [7, 11) is 0. The van der Waals surface area contributed by atoms with Gasteiger partial charge in [0, 0.05) is 23.5 Å². The van der Waals surface area contributed by atoms with Crippen LogP contribution in [0.4, 0.5) is 0 Å². The lowest BCUT2D eigenvalue weighted by Crippen LogP contribution is -2.33. The number of aromatic nitrogens is 1. The third-order valence-electron chi connectivity index (χ3n) is 4.87. The number of nitrogens with zero attached hydrogens (tertiary/aromatic N) is 1. The van der Waals surface area contributed by atoms with Crippen molar-refractivity contribution in [3.8, 4) is 11.3 Å². The molecule has 2 aliphatic rings. The van der Waals surface area contributed by atoms with Gasteiger partial charge in [-0.1, -0.05) is 36.8 Å². The Balaban J connectivity index is 1.39. The van der Waals surface area contributed by atoms with Gasteiger partial charge in [0.05, 0.1) is 5.69 Å². The molecular weight excluding hydrogens is 264 g/mol. The molecule has 2 aromatic rings. The fraction of sp³-hybridized carbons (Fsp3) is 0.471. The zero-order valence-electron chi connectivity index (χ0n) is 11.6. The van der Waals surface area contributed by atoms with Crippen LogP contribution in [-0.2, 0) is 6.54 Å². The fourth-order valence-electron chi connectivity index (χ4n) is 3.85. The second-order valence-electron chi connectivity index (χ2n) is 6.15. The summed E-state index contributed by atoms with van der Waals surface area (Å²) in [4.78, 5) is 4.76. The number of nitrogens with one attached hydrogen (secondary N) is 1. The summed E-state index contributed by atoms with van der Waals surface area (Å²) < 4.78 is 0. The van der Waals surface area contributed by atoms with E-state index in [0.717, 1.165) is 30.1 Å². The first kappa shape index (κ1) is 12.5. The summed E-state index contributed by atoms with van der Waals surface area (Å²) in [6, 6.07) is 11.2. The van der Waals surface area contributed by atoms with Gasteiger partial charge in [0.1, 0.15) is 5.01 Å². The minimum absolute atomic E-state index is 0.748. The Morgan fingerprint density at radius 1 is 1.15 bits per heavy atom. The number of hydrogen-bond acceptors (Lipinski definition) is 3. The number of thiazole rings is 1. The smallest absolute Gasteiger partial charge is 0.107 e. The predicted molar refractivity (Wildman–Crippen MR) is 83.6 cm³/mol. The van der Waals surface area contributed by atoms with Crippen molar-refractivity contribution in [3.63, 3.8) is 0 Å². The molecule has 0 spiro atoms. The van der Waals surface area contributed by atoms with Crippen LogP contribution in [0.5, 0.6) is 0 Å². The van der Waals surface area contributed by atoms with Crippen molar-refractivity contribution in [1.29, 1.82) is 0 Å². The van der Waals surface area contributed by atoms with E-state index in [1.165, 1.54) is 36.3 Å². The molecule has 1 N–H and O–H groups in total. The summed E-state index contributed by atoms with van der Waals surface area (Å²) in [5, 5.41) is 7.13. The van der Waals surface area contributed by atoms with Crippen molar-refractivity contribution in [1.82, 2.24) is 10.3 Å². The third-order valence-corrected chi connectivity index (χ3v) is 5.72. The minimum atomic E-state index is 0.748. The topological polar surface area (TPSA) is 24.9 Å². The fourth-order valence-corrected chi connectivity index (χ4v) is 4.60.